The first-order valence-electron chi connectivity index (χ1n) is 6.96. The number of fused-ring (bicyclic) bond motifs is 5. The molecule has 1 atom stereocenters. The van der Waals surface area contributed by atoms with Crippen molar-refractivity contribution >= 4 is 12.1 Å². The van der Waals surface area contributed by atoms with Crippen LogP contribution in [-0.2, 0) is 0 Å². The van der Waals surface area contributed by atoms with E-state index in [1.165, 1.54) is 6.21 Å². The van der Waals surface area contributed by atoms with Crippen molar-refractivity contribution in [1.29, 1.82) is 0 Å². The second-order valence-electron chi connectivity index (χ2n) is 5.30. The molecule has 0 spiro atoms. The van der Waals surface area contributed by atoms with Gasteiger partial charge in [0.25, 0.3) is 5.91 Å². The molecule has 2 aliphatic heterocycles. The molecule has 106 valence electrons. The summed E-state index contributed by atoms with van der Waals surface area (Å²) in [4.78, 5) is 19.0. The van der Waals surface area contributed by atoms with Gasteiger partial charge in [-0.1, -0.05) is 17.3 Å². The molecule has 2 aromatic rings. The van der Waals surface area contributed by atoms with Crippen LogP contribution in [0.5, 0.6) is 0 Å². The summed E-state index contributed by atoms with van der Waals surface area (Å²) in [6, 6.07) is 7.54. The number of imidazole rings is 1. The number of carbonyl (C=O) groups is 1. The number of nitrogens with zero attached hydrogens (tertiary/aromatic N) is 4. The van der Waals surface area contributed by atoms with Crippen LogP contribution in [0.25, 0.3) is 5.69 Å². The van der Waals surface area contributed by atoms with Crippen molar-refractivity contribution in [3.8, 4) is 5.69 Å². The molecule has 0 saturated carbocycles. The maximum absolute atomic E-state index is 12.8. The molecule has 6 heteroatoms. The molecule has 3 heterocycles. The van der Waals surface area contributed by atoms with Crippen molar-refractivity contribution in [3.05, 3.63) is 47.5 Å². The molecule has 0 radical (unpaired) electrons. The monoisotopic (exact) mass is 282 g/mol. The van der Waals surface area contributed by atoms with E-state index in [4.69, 9.17) is 5.21 Å². The maximum Gasteiger partial charge on any atom is 0.256 e. The molecule has 6 nitrogen and oxygen atoms in total. The molecular formula is C15H14N4O2. The number of carbonyl (C=O) groups excluding carboxylic acids is 1. The van der Waals surface area contributed by atoms with E-state index < -0.39 is 0 Å². The second kappa shape index (κ2) is 4.44. The lowest BCUT2D eigenvalue weighted by Crippen LogP contribution is -2.29. The lowest BCUT2D eigenvalue weighted by atomic mass is 10.1. The van der Waals surface area contributed by atoms with Gasteiger partial charge in [0, 0.05) is 6.54 Å². The van der Waals surface area contributed by atoms with Gasteiger partial charge in [0.1, 0.15) is 12.0 Å². The first-order chi connectivity index (χ1) is 10.3. The van der Waals surface area contributed by atoms with Crippen LogP contribution in [-0.4, -0.2) is 38.3 Å². The van der Waals surface area contributed by atoms with Crippen molar-refractivity contribution in [2.75, 3.05) is 6.54 Å². The van der Waals surface area contributed by atoms with Gasteiger partial charge in [-0.25, -0.2) is 4.98 Å². The summed E-state index contributed by atoms with van der Waals surface area (Å²) < 4.78 is 1.94. The summed E-state index contributed by atoms with van der Waals surface area (Å²) >= 11 is 0. The van der Waals surface area contributed by atoms with Gasteiger partial charge in [-0.3, -0.25) is 9.36 Å². The molecule has 0 unspecified atom stereocenters. The molecule has 1 aromatic heterocycles. The zero-order valence-electron chi connectivity index (χ0n) is 11.3. The summed E-state index contributed by atoms with van der Waals surface area (Å²) in [5.74, 6) is 0.0590. The average molecular weight is 282 g/mol. The summed E-state index contributed by atoms with van der Waals surface area (Å²) in [6.07, 6.45) is 4.90. The average Bonchev–Trinajstić information content (AvgIpc) is 3.11. The van der Waals surface area contributed by atoms with Gasteiger partial charge in [0.2, 0.25) is 0 Å². The van der Waals surface area contributed by atoms with E-state index in [9.17, 15) is 4.79 Å². The molecule has 0 aliphatic carbocycles. The Labute approximate surface area is 121 Å². The fourth-order valence-corrected chi connectivity index (χ4v) is 3.36. The molecule has 1 fully saturated rings. The van der Waals surface area contributed by atoms with E-state index in [0.29, 0.717) is 11.3 Å². The Morgan fingerprint density at radius 2 is 2.24 bits per heavy atom. The third kappa shape index (κ3) is 1.62. The van der Waals surface area contributed by atoms with Gasteiger partial charge in [-0.2, -0.15) is 0 Å². The number of hydrogen-bond donors (Lipinski definition) is 1. The third-order valence-electron chi connectivity index (χ3n) is 4.24. The van der Waals surface area contributed by atoms with Gasteiger partial charge >= 0.3 is 0 Å². The molecule has 21 heavy (non-hydrogen) atoms. The second-order valence-corrected chi connectivity index (χ2v) is 5.30. The molecular weight excluding hydrogens is 268 g/mol. The molecule has 0 bridgehead atoms. The van der Waals surface area contributed by atoms with Crippen LogP contribution in [0.4, 0.5) is 0 Å². The number of amides is 1. The fourth-order valence-electron chi connectivity index (χ4n) is 3.36. The smallest absolute Gasteiger partial charge is 0.256 e. The Kier molecular flexibility index (Phi) is 2.57. The molecule has 2 aliphatic rings. The van der Waals surface area contributed by atoms with E-state index in [-0.39, 0.29) is 11.9 Å². The first-order valence-corrected chi connectivity index (χ1v) is 6.96. The van der Waals surface area contributed by atoms with Crippen molar-refractivity contribution < 1.29 is 10.0 Å². The van der Waals surface area contributed by atoms with Crippen LogP contribution in [0.1, 0.15) is 40.6 Å². The highest BCUT2D eigenvalue weighted by atomic mass is 16.4. The minimum atomic E-state index is -0.0135. The third-order valence-corrected chi connectivity index (χ3v) is 4.24. The van der Waals surface area contributed by atoms with Gasteiger partial charge in [0.05, 0.1) is 29.2 Å². The van der Waals surface area contributed by atoms with Crippen molar-refractivity contribution in [3.63, 3.8) is 0 Å². The molecule has 1 saturated heterocycles. The number of rotatable bonds is 1. The van der Waals surface area contributed by atoms with Crippen molar-refractivity contribution in [2.45, 2.75) is 18.9 Å². The van der Waals surface area contributed by atoms with Crippen LogP contribution < -0.4 is 0 Å². The summed E-state index contributed by atoms with van der Waals surface area (Å²) in [5, 5.41) is 11.9. The minimum absolute atomic E-state index is 0.0135. The Balaban J connectivity index is 2.03. The van der Waals surface area contributed by atoms with Crippen LogP contribution >= 0.6 is 0 Å². The number of benzene rings is 1. The predicted molar refractivity (Wildman–Crippen MR) is 76.0 cm³/mol. The number of aromatic nitrogens is 2. The van der Waals surface area contributed by atoms with E-state index >= 15 is 0 Å². The normalized spacial score (nSPS) is 20.3. The van der Waals surface area contributed by atoms with Crippen LogP contribution in [0, 0.1) is 0 Å². The summed E-state index contributed by atoms with van der Waals surface area (Å²) in [7, 11) is 0. The largest absolute Gasteiger partial charge is 0.411 e. The lowest BCUT2D eigenvalue weighted by Gasteiger charge is -2.22. The van der Waals surface area contributed by atoms with Gasteiger partial charge < -0.3 is 10.1 Å². The van der Waals surface area contributed by atoms with Crippen molar-refractivity contribution in [2.24, 2.45) is 5.16 Å². The van der Waals surface area contributed by atoms with Gasteiger partial charge in [-0.15, -0.1) is 0 Å². The van der Waals surface area contributed by atoms with Gasteiger partial charge in [0.15, 0.2) is 0 Å². The summed E-state index contributed by atoms with van der Waals surface area (Å²) in [6.45, 7) is 0.749. The highest BCUT2D eigenvalue weighted by molar-refractivity contribution is 5.99. The van der Waals surface area contributed by atoms with Gasteiger partial charge in [-0.05, 0) is 25.0 Å². The molecule has 1 N–H and O–H groups in total. The fraction of sp³-hybridized carbons (Fsp3) is 0.267. The van der Waals surface area contributed by atoms with Crippen LogP contribution in [0.3, 0.4) is 0 Å². The number of para-hydroxylation sites is 1. The number of hydrogen-bond acceptors (Lipinski definition) is 4. The SMILES string of the molecule is O=C1c2ccccc2-n2cnc(/C=N/O)c2[C@@H]2CCCN12. The van der Waals surface area contributed by atoms with Crippen LogP contribution in [0.2, 0.25) is 0 Å². The molecule has 1 aromatic carbocycles. The minimum Gasteiger partial charge on any atom is -0.411 e. The zero-order chi connectivity index (χ0) is 14.4. The molecule has 4 rings (SSSR count). The Morgan fingerprint density at radius 1 is 1.38 bits per heavy atom. The Morgan fingerprint density at radius 3 is 3.10 bits per heavy atom. The Bertz CT molecular complexity index is 750. The lowest BCUT2D eigenvalue weighted by molar-refractivity contribution is 0.0738. The van der Waals surface area contributed by atoms with E-state index in [1.807, 2.05) is 33.7 Å². The Hall–Kier alpha value is -2.63. The highest BCUT2D eigenvalue weighted by Gasteiger charge is 2.38. The standard InChI is InChI=1S/C15H14N4O2/c20-15-10-4-1-2-5-12(10)19-9-16-11(8-17-21)14(19)13-6-3-7-18(13)15/h1-2,4-5,8-9,13,21H,3,6-7H2/b17-8+/t13-/m0/s1. The van der Waals surface area contributed by atoms with Crippen molar-refractivity contribution in [1.82, 2.24) is 14.5 Å². The highest BCUT2D eigenvalue weighted by Crippen LogP contribution is 2.39. The van der Waals surface area contributed by atoms with E-state index in [0.717, 1.165) is 30.8 Å². The predicted octanol–water partition coefficient (Wildman–Crippen LogP) is 1.97. The summed E-state index contributed by atoms with van der Waals surface area (Å²) in [5.41, 5.74) is 3.05. The van der Waals surface area contributed by atoms with E-state index in [2.05, 4.69) is 10.1 Å². The van der Waals surface area contributed by atoms with E-state index in [1.54, 1.807) is 6.33 Å². The zero-order valence-corrected chi connectivity index (χ0v) is 11.3. The number of oxime groups is 1. The topological polar surface area (TPSA) is 70.7 Å². The van der Waals surface area contributed by atoms with Crippen LogP contribution in [0.15, 0.2) is 35.7 Å². The first kappa shape index (κ1) is 12.1. The quantitative estimate of drug-likeness (QED) is 0.494. The maximum atomic E-state index is 12.8. The molecule has 1 amide bonds.